The molecule has 0 atom stereocenters. The van der Waals surface area contributed by atoms with Gasteiger partial charge < -0.3 is 14.9 Å². The van der Waals surface area contributed by atoms with E-state index in [1.165, 1.54) is 13.3 Å². The summed E-state index contributed by atoms with van der Waals surface area (Å²) in [5.41, 5.74) is 0.769. The molecule has 19 heavy (non-hydrogen) atoms. The lowest BCUT2D eigenvalue weighted by atomic mass is 10.2. The van der Waals surface area contributed by atoms with Crippen LogP contribution in [-0.4, -0.2) is 28.3 Å². The fourth-order valence-corrected chi connectivity index (χ4v) is 2.10. The first-order valence-electron chi connectivity index (χ1n) is 5.34. The minimum absolute atomic E-state index is 0.0509. The Balaban J connectivity index is 2.17. The molecule has 6 heteroatoms. The number of carboxylic acids is 1. The van der Waals surface area contributed by atoms with Crippen LogP contribution in [0.25, 0.3) is 12.2 Å². The fourth-order valence-electron chi connectivity index (χ4n) is 1.44. The SMILES string of the molecule is COc1ccc(C=Cc2ncc(C(=O)O)s2)cc1O. The van der Waals surface area contributed by atoms with Crippen LogP contribution in [0.3, 0.4) is 0 Å². The van der Waals surface area contributed by atoms with Gasteiger partial charge in [0.15, 0.2) is 11.5 Å². The monoisotopic (exact) mass is 277 g/mol. The van der Waals surface area contributed by atoms with Crippen LogP contribution in [0.1, 0.15) is 20.2 Å². The molecule has 1 heterocycles. The van der Waals surface area contributed by atoms with E-state index in [0.717, 1.165) is 16.9 Å². The van der Waals surface area contributed by atoms with Crippen molar-refractivity contribution >= 4 is 29.5 Å². The summed E-state index contributed by atoms with van der Waals surface area (Å²) in [6.45, 7) is 0. The van der Waals surface area contributed by atoms with Crippen LogP contribution >= 0.6 is 11.3 Å². The van der Waals surface area contributed by atoms with Crippen molar-refractivity contribution in [1.82, 2.24) is 4.98 Å². The van der Waals surface area contributed by atoms with Gasteiger partial charge in [0.2, 0.25) is 0 Å². The molecule has 2 N–H and O–H groups in total. The third-order valence-electron chi connectivity index (χ3n) is 2.36. The first-order valence-corrected chi connectivity index (χ1v) is 6.16. The highest BCUT2D eigenvalue weighted by Crippen LogP contribution is 2.27. The molecule has 0 saturated carbocycles. The van der Waals surface area contributed by atoms with Gasteiger partial charge in [0.25, 0.3) is 0 Å². The van der Waals surface area contributed by atoms with Crippen LogP contribution in [0.15, 0.2) is 24.4 Å². The van der Waals surface area contributed by atoms with Gasteiger partial charge in [0.1, 0.15) is 9.88 Å². The second kappa shape index (κ2) is 5.53. The number of methoxy groups -OCH3 is 1. The highest BCUT2D eigenvalue weighted by Gasteiger charge is 2.06. The van der Waals surface area contributed by atoms with Crippen LogP contribution in [0.2, 0.25) is 0 Å². The van der Waals surface area contributed by atoms with Crippen molar-refractivity contribution in [1.29, 1.82) is 0 Å². The van der Waals surface area contributed by atoms with Gasteiger partial charge in [0, 0.05) is 0 Å². The molecule has 2 aromatic rings. The molecule has 0 aliphatic carbocycles. The molecule has 0 fully saturated rings. The third kappa shape index (κ3) is 3.11. The number of aromatic carboxylic acids is 1. The molecule has 98 valence electrons. The lowest BCUT2D eigenvalue weighted by Gasteiger charge is -2.02. The Morgan fingerprint density at radius 2 is 2.21 bits per heavy atom. The molecule has 0 spiro atoms. The lowest BCUT2D eigenvalue weighted by molar-refractivity contribution is 0.0702. The van der Waals surface area contributed by atoms with E-state index in [1.807, 2.05) is 0 Å². The largest absolute Gasteiger partial charge is 0.504 e. The Hall–Kier alpha value is -2.34. The number of hydrogen-bond donors (Lipinski definition) is 2. The third-order valence-corrected chi connectivity index (χ3v) is 3.31. The van der Waals surface area contributed by atoms with Crippen molar-refractivity contribution in [3.8, 4) is 11.5 Å². The predicted octanol–water partition coefficient (Wildman–Crippen LogP) is 2.73. The molecule has 0 amide bonds. The average Bonchev–Trinajstić information content (AvgIpc) is 2.85. The minimum atomic E-state index is -0.987. The quantitative estimate of drug-likeness (QED) is 0.898. The number of rotatable bonds is 4. The maximum Gasteiger partial charge on any atom is 0.347 e. The summed E-state index contributed by atoms with van der Waals surface area (Å²) >= 11 is 1.09. The number of aromatic hydroxyl groups is 1. The fraction of sp³-hybridized carbons (Fsp3) is 0.0769. The molecule has 0 aliphatic heterocycles. The van der Waals surface area contributed by atoms with E-state index in [2.05, 4.69) is 4.98 Å². The van der Waals surface area contributed by atoms with Gasteiger partial charge in [0.05, 0.1) is 13.3 Å². The standard InChI is InChI=1S/C13H11NO4S/c1-18-10-4-2-8(6-9(10)15)3-5-12-14-7-11(19-12)13(16)17/h2-7,15H,1H3,(H,16,17). The maximum absolute atomic E-state index is 10.7. The molecule has 0 radical (unpaired) electrons. The van der Waals surface area contributed by atoms with Gasteiger partial charge in [-0.2, -0.15) is 0 Å². The van der Waals surface area contributed by atoms with Crippen molar-refractivity contribution < 1.29 is 19.7 Å². The Morgan fingerprint density at radius 1 is 1.42 bits per heavy atom. The van der Waals surface area contributed by atoms with E-state index in [-0.39, 0.29) is 10.6 Å². The van der Waals surface area contributed by atoms with Crippen molar-refractivity contribution in [3.63, 3.8) is 0 Å². The van der Waals surface area contributed by atoms with Crippen LogP contribution < -0.4 is 4.74 Å². The van der Waals surface area contributed by atoms with Gasteiger partial charge in [-0.25, -0.2) is 9.78 Å². The number of phenols is 1. The van der Waals surface area contributed by atoms with Gasteiger partial charge in [-0.05, 0) is 23.8 Å². The highest BCUT2D eigenvalue weighted by atomic mass is 32.1. The number of carbonyl (C=O) groups is 1. The van der Waals surface area contributed by atoms with Crippen LogP contribution in [0, 0.1) is 0 Å². The van der Waals surface area contributed by atoms with Crippen molar-refractivity contribution in [2.75, 3.05) is 7.11 Å². The van der Waals surface area contributed by atoms with E-state index >= 15 is 0 Å². The zero-order chi connectivity index (χ0) is 13.8. The minimum Gasteiger partial charge on any atom is -0.504 e. The second-order valence-corrected chi connectivity index (χ2v) is 4.69. The number of thiazole rings is 1. The normalized spacial score (nSPS) is 10.8. The Morgan fingerprint density at radius 3 is 2.79 bits per heavy atom. The highest BCUT2D eigenvalue weighted by molar-refractivity contribution is 7.14. The first kappa shape index (κ1) is 13.1. The van der Waals surface area contributed by atoms with Crippen molar-refractivity contribution in [3.05, 3.63) is 39.8 Å². The first-order chi connectivity index (χ1) is 9.10. The Kier molecular flexibility index (Phi) is 3.82. The molecule has 1 aromatic carbocycles. The summed E-state index contributed by atoms with van der Waals surface area (Å²) in [5, 5.41) is 19.0. The topological polar surface area (TPSA) is 79.7 Å². The number of hydrogen-bond acceptors (Lipinski definition) is 5. The van der Waals surface area contributed by atoms with E-state index in [4.69, 9.17) is 9.84 Å². The Bertz CT molecular complexity index is 633. The summed E-state index contributed by atoms with van der Waals surface area (Å²) in [5.74, 6) is -0.534. The molecule has 0 aliphatic rings. The second-order valence-electron chi connectivity index (χ2n) is 3.63. The molecular weight excluding hydrogens is 266 g/mol. The van der Waals surface area contributed by atoms with E-state index in [1.54, 1.807) is 30.4 Å². The molecule has 0 saturated heterocycles. The van der Waals surface area contributed by atoms with Gasteiger partial charge >= 0.3 is 5.97 Å². The molecule has 0 unspecified atom stereocenters. The van der Waals surface area contributed by atoms with Gasteiger partial charge in [-0.1, -0.05) is 12.1 Å². The van der Waals surface area contributed by atoms with E-state index < -0.39 is 5.97 Å². The average molecular weight is 277 g/mol. The summed E-state index contributed by atoms with van der Waals surface area (Å²) < 4.78 is 4.94. The van der Waals surface area contributed by atoms with E-state index in [9.17, 15) is 9.90 Å². The molecule has 5 nitrogen and oxygen atoms in total. The maximum atomic E-state index is 10.7. The lowest BCUT2D eigenvalue weighted by Crippen LogP contribution is -1.89. The van der Waals surface area contributed by atoms with Crippen molar-refractivity contribution in [2.45, 2.75) is 0 Å². The molecule has 2 rings (SSSR count). The number of nitrogens with zero attached hydrogens (tertiary/aromatic N) is 1. The number of benzene rings is 1. The van der Waals surface area contributed by atoms with E-state index in [0.29, 0.717) is 10.8 Å². The van der Waals surface area contributed by atoms with Gasteiger partial charge in [-0.15, -0.1) is 11.3 Å². The summed E-state index contributed by atoms with van der Waals surface area (Å²) in [6.07, 6.45) is 4.75. The number of carboxylic acid groups (broad SMARTS) is 1. The zero-order valence-electron chi connectivity index (χ0n) is 10.0. The smallest absolute Gasteiger partial charge is 0.347 e. The summed E-state index contributed by atoms with van der Waals surface area (Å²) in [7, 11) is 1.48. The zero-order valence-corrected chi connectivity index (χ0v) is 10.8. The van der Waals surface area contributed by atoms with Crippen LogP contribution in [0.4, 0.5) is 0 Å². The Labute approximate surface area is 113 Å². The predicted molar refractivity (Wildman–Crippen MR) is 72.7 cm³/mol. The van der Waals surface area contributed by atoms with Crippen LogP contribution in [0.5, 0.6) is 11.5 Å². The number of ether oxygens (including phenoxy) is 1. The molecule has 0 bridgehead atoms. The molecular formula is C13H11NO4S. The summed E-state index contributed by atoms with van der Waals surface area (Å²) in [4.78, 5) is 14.9. The number of aromatic nitrogens is 1. The van der Waals surface area contributed by atoms with Crippen molar-refractivity contribution in [2.24, 2.45) is 0 Å². The molecule has 1 aromatic heterocycles. The van der Waals surface area contributed by atoms with Gasteiger partial charge in [-0.3, -0.25) is 0 Å². The summed E-state index contributed by atoms with van der Waals surface area (Å²) in [6, 6.07) is 4.99. The number of phenolic OH excluding ortho intramolecular Hbond substituents is 1. The van der Waals surface area contributed by atoms with Crippen LogP contribution in [-0.2, 0) is 0 Å².